The number of aliphatic hydroxyl groups excluding tert-OH is 2. The molecular weight excluding hydrogens is 767 g/mol. The molecule has 0 aromatic rings. The molecule has 62 heavy (non-hydrogen) atoms. The van der Waals surface area contributed by atoms with Crippen molar-refractivity contribution in [2.75, 3.05) is 13.2 Å². The van der Waals surface area contributed by atoms with E-state index >= 15 is 0 Å². The van der Waals surface area contributed by atoms with Crippen molar-refractivity contribution >= 4 is 11.9 Å². The van der Waals surface area contributed by atoms with E-state index in [-0.39, 0.29) is 18.5 Å². The summed E-state index contributed by atoms with van der Waals surface area (Å²) < 4.78 is 5.47. The molecule has 0 aromatic heterocycles. The maximum Gasteiger partial charge on any atom is 0.305 e. The van der Waals surface area contributed by atoms with Crippen LogP contribution in [0, 0.1) is 0 Å². The first-order valence-corrected chi connectivity index (χ1v) is 28.3. The highest BCUT2D eigenvalue weighted by molar-refractivity contribution is 5.76. The van der Waals surface area contributed by atoms with Gasteiger partial charge < -0.3 is 20.3 Å². The van der Waals surface area contributed by atoms with Crippen molar-refractivity contribution in [3.8, 4) is 0 Å². The number of ether oxygens (including phenoxy) is 1. The SMILES string of the molecule is CCCCCCCCCCCCCCCCCCCCCCC(O)C(CO)NC(=O)CCCCCCCCCCCCOC(=O)CCCCCCCCCCCCCCCCC. The molecule has 0 radical (unpaired) electrons. The highest BCUT2D eigenvalue weighted by atomic mass is 16.5. The second-order valence-corrected chi connectivity index (χ2v) is 19.6. The van der Waals surface area contributed by atoms with Crippen LogP contribution >= 0.6 is 0 Å². The standard InChI is InChI=1S/C56H111NO5/c1-3-5-7-9-11-13-15-17-19-20-21-22-23-25-26-28-32-36-40-44-48-54(59)53(52-58)57-55(60)49-45-41-37-33-30-31-35-39-43-47-51-62-56(61)50-46-42-38-34-29-27-24-18-16-14-12-10-8-6-4-2/h53-54,58-59H,3-52H2,1-2H3,(H,57,60). The minimum atomic E-state index is -0.678. The van der Waals surface area contributed by atoms with Crippen LogP contribution in [0.15, 0.2) is 0 Å². The van der Waals surface area contributed by atoms with Gasteiger partial charge in [0, 0.05) is 12.8 Å². The molecule has 0 aliphatic heterocycles. The monoisotopic (exact) mass is 878 g/mol. The number of carbonyl (C=O) groups is 2. The fraction of sp³-hybridized carbons (Fsp3) is 0.964. The van der Waals surface area contributed by atoms with Crippen molar-refractivity contribution in [2.45, 2.75) is 334 Å². The summed E-state index contributed by atoms with van der Waals surface area (Å²) in [5.41, 5.74) is 0. The largest absolute Gasteiger partial charge is 0.466 e. The van der Waals surface area contributed by atoms with Crippen LogP contribution in [-0.2, 0) is 14.3 Å². The van der Waals surface area contributed by atoms with Crippen molar-refractivity contribution in [2.24, 2.45) is 0 Å². The molecule has 370 valence electrons. The molecule has 0 aliphatic rings. The third-order valence-corrected chi connectivity index (χ3v) is 13.4. The van der Waals surface area contributed by atoms with Gasteiger partial charge in [-0.05, 0) is 25.7 Å². The summed E-state index contributed by atoms with van der Waals surface area (Å²) in [6, 6.07) is -0.557. The van der Waals surface area contributed by atoms with Gasteiger partial charge in [0.1, 0.15) is 0 Å². The van der Waals surface area contributed by atoms with Gasteiger partial charge in [0.25, 0.3) is 0 Å². The van der Waals surface area contributed by atoms with Crippen molar-refractivity contribution in [3.05, 3.63) is 0 Å². The molecule has 0 spiro atoms. The van der Waals surface area contributed by atoms with Crippen molar-refractivity contribution in [1.29, 1.82) is 0 Å². The summed E-state index contributed by atoms with van der Waals surface area (Å²) in [5, 5.41) is 23.3. The van der Waals surface area contributed by atoms with Gasteiger partial charge in [0.2, 0.25) is 5.91 Å². The molecule has 0 saturated heterocycles. The first-order chi connectivity index (χ1) is 30.5. The zero-order chi connectivity index (χ0) is 45.1. The molecular formula is C56H111NO5. The zero-order valence-electron chi connectivity index (χ0n) is 42.1. The predicted molar refractivity (Wildman–Crippen MR) is 269 cm³/mol. The van der Waals surface area contributed by atoms with E-state index in [9.17, 15) is 19.8 Å². The summed E-state index contributed by atoms with van der Waals surface area (Å²) >= 11 is 0. The average molecular weight is 879 g/mol. The fourth-order valence-corrected chi connectivity index (χ4v) is 9.05. The molecule has 1 amide bonds. The zero-order valence-corrected chi connectivity index (χ0v) is 42.1. The van der Waals surface area contributed by atoms with Gasteiger partial charge in [-0.2, -0.15) is 0 Å². The number of hydrogen-bond acceptors (Lipinski definition) is 5. The van der Waals surface area contributed by atoms with E-state index in [0.29, 0.717) is 25.9 Å². The van der Waals surface area contributed by atoms with Crippen LogP contribution in [0.4, 0.5) is 0 Å². The van der Waals surface area contributed by atoms with Gasteiger partial charge in [-0.25, -0.2) is 0 Å². The van der Waals surface area contributed by atoms with E-state index in [1.54, 1.807) is 0 Å². The van der Waals surface area contributed by atoms with Crippen LogP contribution in [0.5, 0.6) is 0 Å². The molecule has 2 atom stereocenters. The fourth-order valence-electron chi connectivity index (χ4n) is 9.05. The lowest BCUT2D eigenvalue weighted by Crippen LogP contribution is -2.45. The summed E-state index contributed by atoms with van der Waals surface area (Å²) in [6.45, 7) is 4.93. The van der Waals surface area contributed by atoms with Crippen LogP contribution < -0.4 is 5.32 Å². The quantitative estimate of drug-likeness (QED) is 0.0418. The first kappa shape index (κ1) is 60.9. The van der Waals surface area contributed by atoms with Gasteiger partial charge in [0.05, 0.1) is 25.4 Å². The number of amides is 1. The second kappa shape index (κ2) is 52.5. The molecule has 0 bridgehead atoms. The van der Waals surface area contributed by atoms with E-state index < -0.39 is 12.1 Å². The smallest absolute Gasteiger partial charge is 0.305 e. The van der Waals surface area contributed by atoms with Gasteiger partial charge >= 0.3 is 5.97 Å². The van der Waals surface area contributed by atoms with Gasteiger partial charge in [0.15, 0.2) is 0 Å². The van der Waals surface area contributed by atoms with Crippen LogP contribution in [-0.4, -0.2) is 47.4 Å². The predicted octanol–water partition coefficient (Wildman–Crippen LogP) is 17.1. The van der Waals surface area contributed by atoms with Gasteiger partial charge in [-0.15, -0.1) is 0 Å². The lowest BCUT2D eigenvalue weighted by molar-refractivity contribution is -0.143. The van der Waals surface area contributed by atoms with E-state index in [2.05, 4.69) is 19.2 Å². The van der Waals surface area contributed by atoms with Gasteiger partial charge in [-0.1, -0.05) is 284 Å². The summed E-state index contributed by atoms with van der Waals surface area (Å²) in [7, 11) is 0. The summed E-state index contributed by atoms with van der Waals surface area (Å²) in [5.74, 6) is -0.0680. The minimum Gasteiger partial charge on any atom is -0.466 e. The van der Waals surface area contributed by atoms with Gasteiger partial charge in [-0.3, -0.25) is 9.59 Å². The molecule has 2 unspecified atom stereocenters. The number of esters is 1. The maximum absolute atomic E-state index is 12.5. The molecule has 0 rings (SSSR count). The van der Waals surface area contributed by atoms with E-state index in [1.165, 1.54) is 231 Å². The maximum atomic E-state index is 12.5. The third-order valence-electron chi connectivity index (χ3n) is 13.4. The highest BCUT2D eigenvalue weighted by Crippen LogP contribution is 2.18. The van der Waals surface area contributed by atoms with E-state index in [1.807, 2.05) is 0 Å². The van der Waals surface area contributed by atoms with Crippen LogP contribution in [0.1, 0.15) is 322 Å². The molecule has 3 N–H and O–H groups in total. The number of carbonyl (C=O) groups excluding carboxylic acids is 2. The summed E-state index contributed by atoms with van der Waals surface area (Å²) in [6.07, 6.45) is 59.4. The molecule has 0 aliphatic carbocycles. The first-order valence-electron chi connectivity index (χ1n) is 28.3. The molecule has 0 heterocycles. The Hall–Kier alpha value is -1.14. The molecule has 6 nitrogen and oxygen atoms in total. The Morgan fingerprint density at radius 1 is 0.387 bits per heavy atom. The summed E-state index contributed by atoms with van der Waals surface area (Å²) in [4.78, 5) is 24.5. The highest BCUT2D eigenvalue weighted by Gasteiger charge is 2.20. The number of rotatable bonds is 53. The third kappa shape index (κ3) is 48.3. The molecule has 0 fully saturated rings. The molecule has 6 heteroatoms. The molecule has 0 saturated carbocycles. The normalized spacial score (nSPS) is 12.5. The Bertz CT molecular complexity index is 882. The van der Waals surface area contributed by atoms with Crippen molar-refractivity contribution in [3.63, 3.8) is 0 Å². The number of nitrogens with one attached hydrogen (secondary N) is 1. The Morgan fingerprint density at radius 3 is 0.984 bits per heavy atom. The topological polar surface area (TPSA) is 95.9 Å². The number of aliphatic hydroxyl groups is 2. The van der Waals surface area contributed by atoms with Crippen LogP contribution in [0.3, 0.4) is 0 Å². The Balaban J connectivity index is 3.45. The lowest BCUT2D eigenvalue weighted by Gasteiger charge is -2.22. The van der Waals surface area contributed by atoms with Crippen LogP contribution in [0.2, 0.25) is 0 Å². The minimum absolute atomic E-state index is 0.0145. The Labute approximate surface area is 387 Å². The Kier molecular flexibility index (Phi) is 51.5. The Morgan fingerprint density at radius 2 is 0.661 bits per heavy atom. The van der Waals surface area contributed by atoms with Crippen molar-refractivity contribution < 1.29 is 24.5 Å². The van der Waals surface area contributed by atoms with Crippen LogP contribution in [0.25, 0.3) is 0 Å². The lowest BCUT2D eigenvalue weighted by atomic mass is 10.0. The number of unbranched alkanes of at least 4 members (excludes halogenated alkanes) is 42. The van der Waals surface area contributed by atoms with E-state index in [0.717, 1.165) is 57.8 Å². The number of hydrogen-bond donors (Lipinski definition) is 3. The second-order valence-electron chi connectivity index (χ2n) is 19.6. The average Bonchev–Trinajstić information content (AvgIpc) is 3.27. The molecule has 0 aromatic carbocycles. The van der Waals surface area contributed by atoms with Crippen molar-refractivity contribution in [1.82, 2.24) is 5.32 Å². The van der Waals surface area contributed by atoms with E-state index in [4.69, 9.17) is 4.74 Å².